The molecule has 3 aromatic rings. The number of benzene rings is 3. The maximum Gasteiger partial charge on any atom is 0.118 e. The van der Waals surface area contributed by atoms with E-state index in [1.54, 1.807) is 7.11 Å². The Hall–Kier alpha value is -2.80. The summed E-state index contributed by atoms with van der Waals surface area (Å²) < 4.78 is 5.23. The normalized spacial score (nSPS) is 11.1. The van der Waals surface area contributed by atoms with Gasteiger partial charge in [-0.15, -0.1) is 0 Å². The van der Waals surface area contributed by atoms with Gasteiger partial charge in [0.2, 0.25) is 0 Å². The van der Waals surface area contributed by atoms with Crippen LogP contribution in [0.3, 0.4) is 0 Å². The topological polar surface area (TPSA) is 9.23 Å². The van der Waals surface area contributed by atoms with Crippen molar-refractivity contribution in [3.05, 3.63) is 89.5 Å². The smallest absolute Gasteiger partial charge is 0.118 e. The predicted octanol–water partition coefficient (Wildman–Crippen LogP) is 8.44. The van der Waals surface area contributed by atoms with Gasteiger partial charge in [-0.2, -0.15) is 0 Å². The molecule has 0 saturated heterocycles. The Bertz CT molecular complexity index is 887. The molecule has 0 fully saturated rings. The zero-order valence-electron chi connectivity index (χ0n) is 18.4. The molecule has 0 amide bonds. The van der Waals surface area contributed by atoms with Crippen molar-refractivity contribution in [2.45, 2.75) is 51.9 Å². The van der Waals surface area contributed by atoms with Gasteiger partial charge < -0.3 is 4.74 Å². The lowest BCUT2D eigenvalue weighted by Crippen LogP contribution is -1.86. The monoisotopic (exact) mass is 398 g/mol. The lowest BCUT2D eigenvalue weighted by molar-refractivity contribution is 0.415. The minimum Gasteiger partial charge on any atom is -0.497 e. The Morgan fingerprint density at radius 1 is 0.600 bits per heavy atom. The molecule has 3 aromatic carbocycles. The van der Waals surface area contributed by atoms with Crippen LogP contribution >= 0.6 is 0 Å². The molecule has 0 aliphatic rings. The summed E-state index contributed by atoms with van der Waals surface area (Å²) in [7, 11) is 1.69. The van der Waals surface area contributed by atoms with E-state index in [1.165, 1.54) is 72.8 Å². The average Bonchev–Trinajstić information content (AvgIpc) is 2.81. The van der Waals surface area contributed by atoms with Gasteiger partial charge in [-0.3, -0.25) is 0 Å². The standard InChI is InChI=1S/C29H34O/c1-3-4-5-6-7-8-9-24-10-12-25(13-11-24)14-15-26-16-18-27(19-17-26)28-20-22-29(30-2)23-21-28/h10-23H,3-9H2,1-2H3. The van der Waals surface area contributed by atoms with Crippen LogP contribution in [0.15, 0.2) is 72.8 Å². The Balaban J connectivity index is 1.50. The number of methoxy groups -OCH3 is 1. The summed E-state index contributed by atoms with van der Waals surface area (Å²) >= 11 is 0. The molecule has 0 N–H and O–H groups in total. The first kappa shape index (κ1) is 21.9. The summed E-state index contributed by atoms with van der Waals surface area (Å²) in [6.07, 6.45) is 13.7. The van der Waals surface area contributed by atoms with Crippen molar-refractivity contribution in [2.24, 2.45) is 0 Å². The van der Waals surface area contributed by atoms with Gasteiger partial charge in [0.1, 0.15) is 5.75 Å². The highest BCUT2D eigenvalue weighted by Crippen LogP contribution is 2.23. The van der Waals surface area contributed by atoms with Crippen LogP contribution in [0.25, 0.3) is 23.3 Å². The molecule has 0 aliphatic carbocycles. The van der Waals surface area contributed by atoms with Gasteiger partial charge in [-0.05, 0) is 52.8 Å². The Morgan fingerprint density at radius 3 is 1.67 bits per heavy atom. The average molecular weight is 399 g/mol. The van der Waals surface area contributed by atoms with E-state index < -0.39 is 0 Å². The van der Waals surface area contributed by atoms with E-state index in [2.05, 4.69) is 79.7 Å². The largest absolute Gasteiger partial charge is 0.497 e. The summed E-state index contributed by atoms with van der Waals surface area (Å²) in [5.41, 5.74) is 6.33. The second kappa shape index (κ2) is 12.0. The van der Waals surface area contributed by atoms with Crippen LogP contribution in [0.4, 0.5) is 0 Å². The highest BCUT2D eigenvalue weighted by atomic mass is 16.5. The number of ether oxygens (including phenoxy) is 1. The number of aryl methyl sites for hydroxylation is 1. The maximum absolute atomic E-state index is 5.23. The van der Waals surface area contributed by atoms with E-state index in [1.807, 2.05) is 12.1 Å². The van der Waals surface area contributed by atoms with Crippen LogP contribution < -0.4 is 4.74 Å². The van der Waals surface area contributed by atoms with Gasteiger partial charge in [0.15, 0.2) is 0 Å². The molecule has 0 spiro atoms. The molecular formula is C29H34O. The molecule has 0 bridgehead atoms. The molecule has 0 heterocycles. The lowest BCUT2D eigenvalue weighted by atomic mass is 10.0. The summed E-state index contributed by atoms with van der Waals surface area (Å²) in [6.45, 7) is 2.27. The van der Waals surface area contributed by atoms with Crippen molar-refractivity contribution in [2.75, 3.05) is 7.11 Å². The molecular weight excluding hydrogens is 364 g/mol. The zero-order chi connectivity index (χ0) is 21.0. The highest BCUT2D eigenvalue weighted by Gasteiger charge is 1.99. The van der Waals surface area contributed by atoms with Gasteiger partial charge in [-0.1, -0.05) is 112 Å². The summed E-state index contributed by atoms with van der Waals surface area (Å²) in [6, 6.07) is 25.9. The van der Waals surface area contributed by atoms with Crippen LogP contribution in [-0.2, 0) is 6.42 Å². The van der Waals surface area contributed by atoms with Gasteiger partial charge in [0.05, 0.1) is 7.11 Å². The Morgan fingerprint density at radius 2 is 1.10 bits per heavy atom. The van der Waals surface area contributed by atoms with Gasteiger partial charge in [0.25, 0.3) is 0 Å². The molecule has 0 aromatic heterocycles. The molecule has 0 unspecified atom stereocenters. The van der Waals surface area contributed by atoms with Crippen molar-refractivity contribution in [3.8, 4) is 16.9 Å². The van der Waals surface area contributed by atoms with Crippen LogP contribution in [0.2, 0.25) is 0 Å². The van der Waals surface area contributed by atoms with Gasteiger partial charge in [0, 0.05) is 0 Å². The molecule has 3 rings (SSSR count). The molecule has 0 atom stereocenters. The van der Waals surface area contributed by atoms with E-state index in [0.717, 1.165) is 5.75 Å². The Kier molecular flexibility index (Phi) is 8.78. The van der Waals surface area contributed by atoms with Crippen LogP contribution in [-0.4, -0.2) is 7.11 Å². The Labute approximate surface area is 182 Å². The first-order valence-corrected chi connectivity index (χ1v) is 11.3. The SMILES string of the molecule is CCCCCCCCc1ccc(C=Cc2ccc(-c3ccc(OC)cc3)cc2)cc1. The van der Waals surface area contributed by atoms with E-state index in [9.17, 15) is 0 Å². The quantitative estimate of drug-likeness (QED) is 0.232. The fourth-order valence-electron chi connectivity index (χ4n) is 3.67. The molecule has 0 aliphatic heterocycles. The van der Waals surface area contributed by atoms with Gasteiger partial charge in [-0.25, -0.2) is 0 Å². The van der Waals surface area contributed by atoms with Crippen molar-refractivity contribution in [1.82, 2.24) is 0 Å². The molecule has 1 heteroatoms. The second-order valence-electron chi connectivity index (χ2n) is 7.94. The zero-order valence-corrected chi connectivity index (χ0v) is 18.4. The maximum atomic E-state index is 5.23. The minimum absolute atomic E-state index is 0.885. The van der Waals surface area contributed by atoms with Crippen molar-refractivity contribution in [3.63, 3.8) is 0 Å². The highest BCUT2D eigenvalue weighted by molar-refractivity contribution is 5.72. The number of hydrogen-bond acceptors (Lipinski definition) is 1. The number of hydrogen-bond donors (Lipinski definition) is 0. The first-order valence-electron chi connectivity index (χ1n) is 11.3. The predicted molar refractivity (Wildman–Crippen MR) is 131 cm³/mol. The third kappa shape index (κ3) is 6.91. The number of unbranched alkanes of at least 4 members (excludes halogenated alkanes) is 5. The first-order chi connectivity index (χ1) is 14.8. The summed E-state index contributed by atoms with van der Waals surface area (Å²) in [4.78, 5) is 0. The molecule has 1 nitrogen and oxygen atoms in total. The number of rotatable bonds is 11. The van der Waals surface area contributed by atoms with Crippen LogP contribution in [0.1, 0.15) is 62.1 Å². The molecule has 156 valence electrons. The molecule has 30 heavy (non-hydrogen) atoms. The minimum atomic E-state index is 0.885. The van der Waals surface area contributed by atoms with E-state index in [-0.39, 0.29) is 0 Å². The van der Waals surface area contributed by atoms with E-state index in [4.69, 9.17) is 4.74 Å². The van der Waals surface area contributed by atoms with Crippen LogP contribution in [0, 0.1) is 0 Å². The fourth-order valence-corrected chi connectivity index (χ4v) is 3.67. The lowest BCUT2D eigenvalue weighted by Gasteiger charge is -2.04. The second-order valence-corrected chi connectivity index (χ2v) is 7.94. The fraction of sp³-hybridized carbons (Fsp3) is 0.310. The third-order valence-electron chi connectivity index (χ3n) is 5.60. The summed E-state index contributed by atoms with van der Waals surface area (Å²) in [5.74, 6) is 0.885. The van der Waals surface area contributed by atoms with Crippen molar-refractivity contribution < 1.29 is 4.74 Å². The molecule has 0 saturated carbocycles. The van der Waals surface area contributed by atoms with E-state index >= 15 is 0 Å². The van der Waals surface area contributed by atoms with Crippen LogP contribution in [0.5, 0.6) is 5.75 Å². The van der Waals surface area contributed by atoms with Crippen molar-refractivity contribution >= 4 is 12.2 Å². The summed E-state index contributed by atoms with van der Waals surface area (Å²) in [5, 5.41) is 0. The molecule has 0 radical (unpaired) electrons. The van der Waals surface area contributed by atoms with Crippen molar-refractivity contribution in [1.29, 1.82) is 0 Å². The van der Waals surface area contributed by atoms with E-state index in [0.29, 0.717) is 0 Å². The van der Waals surface area contributed by atoms with Gasteiger partial charge >= 0.3 is 0 Å². The third-order valence-corrected chi connectivity index (χ3v) is 5.60.